The van der Waals surface area contributed by atoms with E-state index in [1.807, 2.05) is 12.4 Å². The van der Waals surface area contributed by atoms with Gasteiger partial charge in [0.15, 0.2) is 6.20 Å². The van der Waals surface area contributed by atoms with Crippen LogP contribution in [0.3, 0.4) is 0 Å². The highest BCUT2D eigenvalue weighted by Crippen LogP contribution is 2.26. The van der Waals surface area contributed by atoms with Crippen molar-refractivity contribution in [2.45, 2.75) is 27.7 Å². The van der Waals surface area contributed by atoms with Gasteiger partial charge in [-0.1, -0.05) is 23.3 Å². The maximum atomic E-state index is 4.15. The van der Waals surface area contributed by atoms with Crippen LogP contribution in [0.5, 0.6) is 0 Å². The van der Waals surface area contributed by atoms with Crippen LogP contribution >= 0.6 is 0 Å². The van der Waals surface area contributed by atoms with Crippen LogP contribution in [0, 0.1) is 27.7 Å². The molecule has 2 heteroatoms. The van der Waals surface area contributed by atoms with Gasteiger partial charge in [-0.25, -0.2) is 0 Å². The van der Waals surface area contributed by atoms with Crippen molar-refractivity contribution in [3.05, 3.63) is 102 Å². The van der Waals surface area contributed by atoms with E-state index in [4.69, 9.17) is 0 Å². The Hall–Kier alpha value is -3.26. The molecule has 0 saturated heterocycles. The summed E-state index contributed by atoms with van der Waals surface area (Å²) in [5, 5.41) is 0. The zero-order valence-electron chi connectivity index (χ0n) is 16.9. The maximum absolute atomic E-state index is 4.15. The van der Waals surface area contributed by atoms with E-state index in [2.05, 4.69) is 104 Å². The second-order valence-electron chi connectivity index (χ2n) is 7.63. The smallest absolute Gasteiger partial charge is 0.219 e. The molecule has 0 amide bonds. The van der Waals surface area contributed by atoms with E-state index in [1.54, 1.807) is 0 Å². The first-order valence-electron chi connectivity index (χ1n) is 9.63. The van der Waals surface area contributed by atoms with Crippen molar-refractivity contribution in [2.24, 2.45) is 0 Å². The van der Waals surface area contributed by atoms with E-state index in [0.717, 1.165) is 0 Å². The zero-order chi connectivity index (χ0) is 19.7. The number of hydrogen-bond acceptors (Lipinski definition) is 1. The van der Waals surface area contributed by atoms with Crippen molar-refractivity contribution in [1.29, 1.82) is 0 Å². The third-order valence-electron chi connectivity index (χ3n) is 4.97. The van der Waals surface area contributed by atoms with Gasteiger partial charge in [-0.05, 0) is 74.2 Å². The van der Waals surface area contributed by atoms with Crippen molar-refractivity contribution < 1.29 is 4.57 Å². The number of aromatic nitrogens is 2. The highest BCUT2D eigenvalue weighted by atomic mass is 15.0. The highest BCUT2D eigenvalue weighted by molar-refractivity contribution is 5.69. The average molecular weight is 366 g/mol. The fourth-order valence-electron chi connectivity index (χ4n) is 3.88. The van der Waals surface area contributed by atoms with Gasteiger partial charge in [-0.2, -0.15) is 4.57 Å². The van der Waals surface area contributed by atoms with E-state index in [1.165, 1.54) is 50.3 Å². The Morgan fingerprint density at radius 1 is 0.571 bits per heavy atom. The molecule has 2 aromatic carbocycles. The maximum Gasteiger partial charge on any atom is 0.219 e. The first-order chi connectivity index (χ1) is 13.5. The first-order valence-corrected chi connectivity index (χ1v) is 9.63. The van der Waals surface area contributed by atoms with Crippen LogP contribution in [0.25, 0.3) is 28.1 Å². The molecule has 0 radical (unpaired) electrons. The minimum absolute atomic E-state index is 1.17. The molecule has 4 aromatic rings. The van der Waals surface area contributed by atoms with E-state index in [-0.39, 0.29) is 0 Å². The summed E-state index contributed by atoms with van der Waals surface area (Å²) in [5.41, 5.74) is 11.1. The van der Waals surface area contributed by atoms with Gasteiger partial charge < -0.3 is 0 Å². The molecule has 0 unspecified atom stereocenters. The molecule has 2 nitrogen and oxygen atoms in total. The third-order valence-corrected chi connectivity index (χ3v) is 4.97. The SMILES string of the molecule is Cc1cc(C)cc(-c2cc(-c3ccncc3)cc[n+]2-c2cc(C)cc(C)c2)c1. The fourth-order valence-corrected chi connectivity index (χ4v) is 3.88. The first kappa shape index (κ1) is 18.1. The Balaban J connectivity index is 1.97. The number of benzene rings is 2. The molecule has 28 heavy (non-hydrogen) atoms. The predicted octanol–water partition coefficient (Wildman–Crippen LogP) is 5.93. The summed E-state index contributed by atoms with van der Waals surface area (Å²) >= 11 is 0. The summed E-state index contributed by atoms with van der Waals surface area (Å²) in [6.07, 6.45) is 5.87. The highest BCUT2D eigenvalue weighted by Gasteiger charge is 2.18. The molecular weight excluding hydrogens is 340 g/mol. The minimum atomic E-state index is 1.17. The van der Waals surface area contributed by atoms with Gasteiger partial charge in [0.25, 0.3) is 0 Å². The number of nitrogens with zero attached hydrogens (tertiary/aromatic N) is 2. The predicted molar refractivity (Wildman–Crippen MR) is 116 cm³/mol. The monoisotopic (exact) mass is 365 g/mol. The van der Waals surface area contributed by atoms with Crippen LogP contribution in [-0.4, -0.2) is 4.98 Å². The molecule has 0 atom stereocenters. The van der Waals surface area contributed by atoms with Crippen molar-refractivity contribution >= 4 is 0 Å². The topological polar surface area (TPSA) is 16.8 Å². The van der Waals surface area contributed by atoms with Gasteiger partial charge in [0.2, 0.25) is 11.4 Å². The van der Waals surface area contributed by atoms with Crippen LogP contribution in [0.1, 0.15) is 22.3 Å². The second kappa shape index (κ2) is 7.40. The summed E-state index contributed by atoms with van der Waals surface area (Å²) in [6.45, 7) is 8.62. The van der Waals surface area contributed by atoms with Crippen LogP contribution < -0.4 is 4.57 Å². The summed E-state index contributed by atoms with van der Waals surface area (Å²) in [5.74, 6) is 0. The molecule has 2 heterocycles. The van der Waals surface area contributed by atoms with Crippen LogP contribution in [0.4, 0.5) is 0 Å². The molecule has 0 spiro atoms. The summed E-state index contributed by atoms with van der Waals surface area (Å²) < 4.78 is 2.29. The Bertz CT molecular complexity index is 1100. The molecule has 0 aliphatic carbocycles. The van der Waals surface area contributed by atoms with Gasteiger partial charge in [0.05, 0.1) is 0 Å². The Morgan fingerprint density at radius 2 is 1.14 bits per heavy atom. The van der Waals surface area contributed by atoms with Crippen molar-refractivity contribution in [3.63, 3.8) is 0 Å². The molecule has 0 N–H and O–H groups in total. The Morgan fingerprint density at radius 3 is 1.75 bits per heavy atom. The largest absolute Gasteiger partial charge is 0.265 e. The summed E-state index contributed by atoms with van der Waals surface area (Å²) in [6, 6.07) is 22.0. The summed E-state index contributed by atoms with van der Waals surface area (Å²) in [7, 11) is 0. The lowest BCUT2D eigenvalue weighted by Crippen LogP contribution is -2.33. The number of rotatable bonds is 3. The quantitative estimate of drug-likeness (QED) is 0.411. The molecule has 138 valence electrons. The molecule has 0 aliphatic heterocycles. The van der Waals surface area contributed by atoms with Crippen LogP contribution in [0.2, 0.25) is 0 Å². The van der Waals surface area contributed by atoms with Crippen molar-refractivity contribution in [1.82, 2.24) is 4.98 Å². The average Bonchev–Trinajstić information content (AvgIpc) is 2.67. The zero-order valence-corrected chi connectivity index (χ0v) is 16.9. The van der Waals surface area contributed by atoms with Gasteiger partial charge in [0.1, 0.15) is 0 Å². The van der Waals surface area contributed by atoms with Crippen molar-refractivity contribution in [2.75, 3.05) is 0 Å². The van der Waals surface area contributed by atoms with Crippen LogP contribution in [-0.2, 0) is 0 Å². The van der Waals surface area contributed by atoms with Gasteiger partial charge >= 0.3 is 0 Å². The number of aryl methyl sites for hydroxylation is 4. The van der Waals surface area contributed by atoms with E-state index in [0.29, 0.717) is 0 Å². The normalized spacial score (nSPS) is 10.9. The minimum Gasteiger partial charge on any atom is -0.265 e. The molecule has 0 aliphatic rings. The second-order valence-corrected chi connectivity index (χ2v) is 7.63. The lowest BCUT2D eigenvalue weighted by atomic mass is 10.0. The fraction of sp³-hybridized carbons (Fsp3) is 0.154. The molecular formula is C26H25N2+. The van der Waals surface area contributed by atoms with Gasteiger partial charge in [-0.3, -0.25) is 4.98 Å². The summed E-state index contributed by atoms with van der Waals surface area (Å²) in [4.78, 5) is 4.15. The Labute approximate surface area is 167 Å². The lowest BCUT2D eigenvalue weighted by molar-refractivity contribution is -0.583. The molecule has 0 fully saturated rings. The van der Waals surface area contributed by atoms with E-state index >= 15 is 0 Å². The molecule has 4 rings (SSSR count). The Kier molecular flexibility index (Phi) is 4.79. The van der Waals surface area contributed by atoms with Gasteiger partial charge in [0, 0.05) is 42.2 Å². The van der Waals surface area contributed by atoms with Crippen LogP contribution in [0.15, 0.2) is 79.3 Å². The molecule has 2 aromatic heterocycles. The van der Waals surface area contributed by atoms with E-state index in [9.17, 15) is 0 Å². The number of hydrogen-bond donors (Lipinski definition) is 0. The third kappa shape index (κ3) is 3.72. The van der Waals surface area contributed by atoms with Crippen molar-refractivity contribution in [3.8, 4) is 28.1 Å². The molecule has 0 bridgehead atoms. The standard InChI is InChI=1S/C26H25N2/c1-18-11-19(2)14-24(13-18)26-17-23(22-5-8-27-9-6-22)7-10-28(26)25-15-20(3)12-21(4)16-25/h5-17H,1-4H3/q+1. The lowest BCUT2D eigenvalue weighted by Gasteiger charge is -2.10. The molecule has 0 saturated carbocycles. The van der Waals surface area contributed by atoms with Gasteiger partial charge in [-0.15, -0.1) is 0 Å². The number of pyridine rings is 2. The van der Waals surface area contributed by atoms with E-state index < -0.39 is 0 Å².